The zero-order valence-electron chi connectivity index (χ0n) is 12.2. The highest BCUT2D eigenvalue weighted by atomic mass is 32.2. The number of ketones is 1. The molecule has 22 heavy (non-hydrogen) atoms. The summed E-state index contributed by atoms with van der Waals surface area (Å²) in [5.74, 6) is -0.0961. The molecule has 2 aromatic carbocycles. The second-order valence-electron chi connectivity index (χ2n) is 4.87. The van der Waals surface area contributed by atoms with Crippen molar-refractivity contribution < 1.29 is 13.2 Å². The molecule has 0 aliphatic heterocycles. The van der Waals surface area contributed by atoms with E-state index in [9.17, 15) is 13.2 Å². The third-order valence-corrected chi connectivity index (χ3v) is 4.37. The molecule has 2 rings (SSSR count). The highest BCUT2D eigenvalue weighted by Crippen LogP contribution is 2.17. The minimum Gasteiger partial charge on any atom is -0.289 e. The van der Waals surface area contributed by atoms with Crippen LogP contribution < -0.4 is 4.72 Å². The van der Waals surface area contributed by atoms with Gasteiger partial charge in [-0.2, -0.15) is 0 Å². The summed E-state index contributed by atoms with van der Waals surface area (Å²) in [4.78, 5) is 12.4. The number of carbonyl (C=O) groups excluding carboxylic acids is 1. The Balaban J connectivity index is 2.27. The molecule has 0 aliphatic rings. The fourth-order valence-corrected chi connectivity index (χ4v) is 2.79. The minimum absolute atomic E-state index is 0.0961. The maximum Gasteiger partial charge on any atom is 0.233 e. The Bertz CT molecular complexity index is 783. The van der Waals surface area contributed by atoms with Gasteiger partial charge in [0.05, 0.1) is 0 Å². The van der Waals surface area contributed by atoms with E-state index in [4.69, 9.17) is 0 Å². The van der Waals surface area contributed by atoms with Crippen molar-refractivity contribution in [1.29, 1.82) is 0 Å². The number of hydrogen-bond donors (Lipinski definition) is 1. The summed E-state index contributed by atoms with van der Waals surface area (Å²) in [5, 5.41) is 0.864. The lowest BCUT2D eigenvalue weighted by atomic mass is 9.99. The molecule has 5 heteroatoms. The van der Waals surface area contributed by atoms with E-state index in [-0.39, 0.29) is 5.78 Å². The molecule has 0 radical (unpaired) electrons. The van der Waals surface area contributed by atoms with Crippen molar-refractivity contribution in [3.05, 3.63) is 83.3 Å². The Morgan fingerprint density at radius 1 is 1.09 bits per heavy atom. The lowest BCUT2D eigenvalue weighted by Crippen LogP contribution is -2.24. The summed E-state index contributed by atoms with van der Waals surface area (Å²) in [6, 6.07) is 15.4. The first-order chi connectivity index (χ1) is 10.4. The van der Waals surface area contributed by atoms with Crippen molar-refractivity contribution in [2.24, 2.45) is 0 Å². The Hall–Kier alpha value is -2.24. The Kier molecular flexibility index (Phi) is 4.90. The molecule has 0 amide bonds. The van der Waals surface area contributed by atoms with E-state index < -0.39 is 16.1 Å². The highest BCUT2D eigenvalue weighted by molar-refractivity contribution is 7.92. The van der Waals surface area contributed by atoms with Crippen molar-refractivity contribution in [3.63, 3.8) is 0 Å². The molecule has 0 fully saturated rings. The molecule has 1 atom stereocenters. The van der Waals surface area contributed by atoms with Crippen LogP contribution in [0.1, 0.15) is 34.5 Å². The zero-order valence-corrected chi connectivity index (χ0v) is 13.0. The van der Waals surface area contributed by atoms with Crippen molar-refractivity contribution in [2.75, 3.05) is 0 Å². The van der Waals surface area contributed by atoms with Crippen LogP contribution in [-0.2, 0) is 10.0 Å². The van der Waals surface area contributed by atoms with Gasteiger partial charge in [0.15, 0.2) is 5.78 Å². The summed E-state index contributed by atoms with van der Waals surface area (Å²) in [6.45, 7) is 4.98. The second kappa shape index (κ2) is 6.68. The molecule has 0 spiro atoms. The van der Waals surface area contributed by atoms with Crippen molar-refractivity contribution in [1.82, 2.24) is 4.72 Å². The van der Waals surface area contributed by atoms with Gasteiger partial charge in [0.1, 0.15) is 0 Å². The first kappa shape index (κ1) is 16.1. The van der Waals surface area contributed by atoms with E-state index in [0.717, 1.165) is 5.41 Å². The third kappa shape index (κ3) is 3.90. The first-order valence-corrected chi connectivity index (χ1v) is 8.32. The maximum absolute atomic E-state index is 12.4. The number of carbonyl (C=O) groups is 1. The molecule has 0 heterocycles. The van der Waals surface area contributed by atoms with Crippen molar-refractivity contribution in [3.8, 4) is 0 Å². The van der Waals surface area contributed by atoms with Gasteiger partial charge < -0.3 is 0 Å². The summed E-state index contributed by atoms with van der Waals surface area (Å²) in [5.41, 5.74) is 1.83. The molecule has 0 saturated carbocycles. The van der Waals surface area contributed by atoms with E-state index in [2.05, 4.69) is 11.3 Å². The van der Waals surface area contributed by atoms with Gasteiger partial charge in [-0.3, -0.25) is 4.79 Å². The van der Waals surface area contributed by atoms with Gasteiger partial charge in [0.2, 0.25) is 10.0 Å². The van der Waals surface area contributed by atoms with Crippen LogP contribution in [0.25, 0.3) is 0 Å². The van der Waals surface area contributed by atoms with Gasteiger partial charge in [-0.25, -0.2) is 13.1 Å². The Morgan fingerprint density at radius 3 is 2.36 bits per heavy atom. The number of nitrogens with one attached hydrogen (secondary N) is 1. The molecule has 0 aliphatic carbocycles. The predicted molar refractivity (Wildman–Crippen MR) is 87.0 cm³/mol. The average Bonchev–Trinajstić information content (AvgIpc) is 2.54. The van der Waals surface area contributed by atoms with Crippen LogP contribution in [0.2, 0.25) is 0 Å². The van der Waals surface area contributed by atoms with Gasteiger partial charge in [0.25, 0.3) is 0 Å². The molecule has 2 aromatic rings. The summed E-state index contributed by atoms with van der Waals surface area (Å²) in [6.07, 6.45) is 0. The largest absolute Gasteiger partial charge is 0.289 e. The molecule has 0 saturated heterocycles. The number of rotatable bonds is 6. The van der Waals surface area contributed by atoms with Crippen molar-refractivity contribution >= 4 is 15.8 Å². The summed E-state index contributed by atoms with van der Waals surface area (Å²) in [7, 11) is -3.52. The molecule has 0 unspecified atom stereocenters. The fraction of sp³-hybridized carbons (Fsp3) is 0.118. The first-order valence-electron chi connectivity index (χ1n) is 6.77. The molecule has 0 bridgehead atoms. The van der Waals surface area contributed by atoms with Crippen LogP contribution in [0.3, 0.4) is 0 Å². The lowest BCUT2D eigenvalue weighted by molar-refractivity contribution is 0.103. The minimum atomic E-state index is -3.52. The van der Waals surface area contributed by atoms with E-state index in [1.54, 1.807) is 55.5 Å². The molecular formula is C17H17NO3S. The predicted octanol–water partition coefficient (Wildman–Crippen LogP) is 3.04. The van der Waals surface area contributed by atoms with Gasteiger partial charge in [0, 0.05) is 22.6 Å². The van der Waals surface area contributed by atoms with E-state index in [1.807, 2.05) is 6.07 Å². The van der Waals surface area contributed by atoms with Crippen LogP contribution in [-0.4, -0.2) is 14.2 Å². The summed E-state index contributed by atoms with van der Waals surface area (Å²) < 4.78 is 25.5. The molecule has 0 aromatic heterocycles. The number of benzene rings is 2. The molecular weight excluding hydrogens is 298 g/mol. The molecule has 4 nitrogen and oxygen atoms in total. The number of hydrogen-bond acceptors (Lipinski definition) is 3. The van der Waals surface area contributed by atoms with E-state index in [0.29, 0.717) is 16.7 Å². The molecule has 1 N–H and O–H groups in total. The Labute approximate surface area is 130 Å². The SMILES string of the molecule is C=CS(=O)(=O)N[C@H](C)c1cccc(C(=O)c2ccccc2)c1. The van der Waals surface area contributed by atoms with Gasteiger partial charge in [-0.15, -0.1) is 0 Å². The molecule has 114 valence electrons. The topological polar surface area (TPSA) is 63.2 Å². The standard InChI is InChI=1S/C17H17NO3S/c1-3-22(20,21)18-13(2)15-10-7-11-16(12-15)17(19)14-8-5-4-6-9-14/h3-13,18H,1H2,2H3/t13-/m1/s1. The fourth-order valence-electron chi connectivity index (χ4n) is 2.07. The monoisotopic (exact) mass is 315 g/mol. The zero-order chi connectivity index (χ0) is 16.2. The van der Waals surface area contributed by atoms with Gasteiger partial charge in [-0.05, 0) is 18.6 Å². The van der Waals surface area contributed by atoms with Crippen LogP contribution >= 0.6 is 0 Å². The summed E-state index contributed by atoms with van der Waals surface area (Å²) >= 11 is 0. The van der Waals surface area contributed by atoms with E-state index >= 15 is 0 Å². The van der Waals surface area contributed by atoms with Crippen LogP contribution in [0.4, 0.5) is 0 Å². The Morgan fingerprint density at radius 2 is 1.73 bits per heavy atom. The number of sulfonamides is 1. The van der Waals surface area contributed by atoms with Crippen LogP contribution in [0.15, 0.2) is 66.6 Å². The maximum atomic E-state index is 12.4. The van der Waals surface area contributed by atoms with E-state index in [1.165, 1.54) is 0 Å². The highest BCUT2D eigenvalue weighted by Gasteiger charge is 2.15. The quantitative estimate of drug-likeness (QED) is 0.833. The van der Waals surface area contributed by atoms with Crippen molar-refractivity contribution in [2.45, 2.75) is 13.0 Å². The second-order valence-corrected chi connectivity index (χ2v) is 6.53. The average molecular weight is 315 g/mol. The smallest absolute Gasteiger partial charge is 0.233 e. The normalized spacial score (nSPS) is 12.6. The lowest BCUT2D eigenvalue weighted by Gasteiger charge is -2.13. The third-order valence-electron chi connectivity index (χ3n) is 3.25. The van der Waals surface area contributed by atoms with Gasteiger partial charge in [-0.1, -0.05) is 55.1 Å². The van der Waals surface area contributed by atoms with Crippen LogP contribution in [0, 0.1) is 0 Å². The van der Waals surface area contributed by atoms with Gasteiger partial charge >= 0.3 is 0 Å². The van der Waals surface area contributed by atoms with Crippen LogP contribution in [0.5, 0.6) is 0 Å².